The molecule has 0 saturated heterocycles. The Morgan fingerprint density at radius 2 is 2.24 bits per heavy atom. The molecule has 94 valence electrons. The summed E-state index contributed by atoms with van der Waals surface area (Å²) in [6.45, 7) is 1.90. The molecule has 1 aromatic heterocycles. The first-order valence-electron chi connectivity index (χ1n) is 5.01. The van der Waals surface area contributed by atoms with E-state index in [1.54, 1.807) is 12.3 Å². The van der Waals surface area contributed by atoms with Crippen molar-refractivity contribution in [3.63, 3.8) is 0 Å². The van der Waals surface area contributed by atoms with Crippen molar-refractivity contribution in [3.05, 3.63) is 17.8 Å². The van der Waals surface area contributed by atoms with Gasteiger partial charge in [0.2, 0.25) is 0 Å². The van der Waals surface area contributed by atoms with E-state index in [0.29, 0.717) is 11.6 Å². The molecule has 6 nitrogen and oxygen atoms in total. The van der Waals surface area contributed by atoms with Crippen molar-refractivity contribution in [2.24, 2.45) is 0 Å². The van der Waals surface area contributed by atoms with Gasteiger partial charge in [-0.3, -0.25) is 4.21 Å². The minimum absolute atomic E-state index is 0.0270. The average molecular weight is 257 g/mol. The predicted molar refractivity (Wildman–Crippen MR) is 65.4 cm³/mol. The molecule has 0 aromatic carbocycles. The lowest BCUT2D eigenvalue weighted by molar-refractivity contribution is 0.0593. The number of ether oxygens (including phenoxy) is 1. The minimum atomic E-state index is -0.867. The van der Waals surface area contributed by atoms with Crippen molar-refractivity contribution >= 4 is 22.6 Å². The molecule has 1 heterocycles. The van der Waals surface area contributed by atoms with E-state index >= 15 is 0 Å². The van der Waals surface area contributed by atoms with E-state index in [1.807, 2.05) is 6.92 Å². The zero-order valence-corrected chi connectivity index (χ0v) is 10.8. The zero-order chi connectivity index (χ0) is 12.8. The third-order valence-electron chi connectivity index (χ3n) is 1.94. The maximum absolute atomic E-state index is 11.1. The number of carbonyl (C=O) groups excluding carboxylic acids is 1. The fourth-order valence-corrected chi connectivity index (χ4v) is 2.06. The largest absolute Gasteiger partial charge is 0.464 e. The second-order valence-corrected chi connectivity index (χ2v) is 5.06. The summed E-state index contributed by atoms with van der Waals surface area (Å²) in [5, 5.41) is 10.6. The number of esters is 1. The van der Waals surface area contributed by atoms with Crippen LogP contribution < -0.4 is 5.32 Å². The van der Waals surface area contributed by atoms with Gasteiger partial charge in [0.25, 0.3) is 0 Å². The lowest BCUT2D eigenvalue weighted by atomic mass is 10.3. The van der Waals surface area contributed by atoms with Gasteiger partial charge in [-0.2, -0.15) is 0 Å². The lowest BCUT2D eigenvalue weighted by Crippen LogP contribution is -2.23. The normalized spacial score (nSPS) is 13.8. The number of nitrogens with zero attached hydrogens (tertiary/aromatic N) is 2. The predicted octanol–water partition coefficient (Wildman–Crippen LogP) is 0.442. The van der Waals surface area contributed by atoms with Crippen LogP contribution in [0, 0.1) is 0 Å². The minimum Gasteiger partial charge on any atom is -0.464 e. The standard InChI is InChI=1S/C10H15N3O3S/c1-7(6-17(3)15)11-9-5-4-8(12-13-9)10(14)16-2/h4-5,7H,6H2,1-3H3,(H,11,13). The SMILES string of the molecule is COC(=O)c1ccc(NC(C)CS(C)=O)nn1. The van der Waals surface area contributed by atoms with Crippen molar-refractivity contribution < 1.29 is 13.7 Å². The second kappa shape index (κ2) is 6.29. The first-order chi connectivity index (χ1) is 8.02. The van der Waals surface area contributed by atoms with Gasteiger partial charge in [0.1, 0.15) is 5.82 Å². The van der Waals surface area contributed by atoms with E-state index in [-0.39, 0.29) is 11.7 Å². The molecule has 0 spiro atoms. The van der Waals surface area contributed by atoms with Gasteiger partial charge in [-0.15, -0.1) is 10.2 Å². The highest BCUT2D eigenvalue weighted by Crippen LogP contribution is 2.05. The first-order valence-corrected chi connectivity index (χ1v) is 6.74. The van der Waals surface area contributed by atoms with E-state index in [1.165, 1.54) is 13.2 Å². The van der Waals surface area contributed by atoms with E-state index in [2.05, 4.69) is 20.3 Å². The van der Waals surface area contributed by atoms with E-state index in [4.69, 9.17) is 0 Å². The maximum atomic E-state index is 11.1. The molecule has 1 N–H and O–H groups in total. The highest BCUT2D eigenvalue weighted by atomic mass is 32.2. The topological polar surface area (TPSA) is 81.2 Å². The summed E-state index contributed by atoms with van der Waals surface area (Å²) in [7, 11) is 0.419. The Labute approximate surface area is 102 Å². The van der Waals surface area contributed by atoms with Gasteiger partial charge in [-0.05, 0) is 19.1 Å². The zero-order valence-electron chi connectivity index (χ0n) is 9.97. The number of hydrogen-bond acceptors (Lipinski definition) is 6. The second-order valence-electron chi connectivity index (χ2n) is 3.58. The van der Waals surface area contributed by atoms with Crippen LogP contribution in [0.25, 0.3) is 0 Å². The van der Waals surface area contributed by atoms with Gasteiger partial charge in [-0.25, -0.2) is 4.79 Å². The van der Waals surface area contributed by atoms with Crippen LogP contribution in [0.2, 0.25) is 0 Å². The number of rotatable bonds is 5. The molecule has 1 aromatic rings. The molecule has 0 aliphatic rings. The van der Waals surface area contributed by atoms with Gasteiger partial charge in [0, 0.05) is 28.9 Å². The highest BCUT2D eigenvalue weighted by molar-refractivity contribution is 7.84. The monoisotopic (exact) mass is 257 g/mol. The molecule has 0 saturated carbocycles. The highest BCUT2D eigenvalue weighted by Gasteiger charge is 2.09. The number of anilines is 1. The van der Waals surface area contributed by atoms with Crippen molar-refractivity contribution in [2.75, 3.05) is 24.4 Å². The fraction of sp³-hybridized carbons (Fsp3) is 0.500. The first kappa shape index (κ1) is 13.6. The molecule has 1 rings (SSSR count). The van der Waals surface area contributed by atoms with Gasteiger partial charge >= 0.3 is 5.97 Å². The smallest absolute Gasteiger partial charge is 0.358 e. The van der Waals surface area contributed by atoms with Gasteiger partial charge in [0.15, 0.2) is 5.69 Å². The van der Waals surface area contributed by atoms with Gasteiger partial charge < -0.3 is 10.1 Å². The summed E-state index contributed by atoms with van der Waals surface area (Å²) in [6, 6.07) is 3.18. The number of methoxy groups -OCH3 is 1. The molecular weight excluding hydrogens is 242 g/mol. The Balaban J connectivity index is 2.62. The van der Waals surface area contributed by atoms with Crippen LogP contribution in [0.1, 0.15) is 17.4 Å². The van der Waals surface area contributed by atoms with Crippen LogP contribution in [0.3, 0.4) is 0 Å². The molecule has 0 aliphatic carbocycles. The van der Waals surface area contributed by atoms with Crippen LogP contribution >= 0.6 is 0 Å². The van der Waals surface area contributed by atoms with E-state index < -0.39 is 16.8 Å². The number of carbonyl (C=O) groups is 1. The van der Waals surface area contributed by atoms with Crippen LogP contribution in [0.5, 0.6) is 0 Å². The summed E-state index contributed by atoms with van der Waals surface area (Å²) in [5.41, 5.74) is 0.157. The van der Waals surface area contributed by atoms with Crippen LogP contribution in [0.15, 0.2) is 12.1 Å². The maximum Gasteiger partial charge on any atom is 0.358 e. The summed E-state index contributed by atoms with van der Waals surface area (Å²) < 4.78 is 15.5. The molecule has 0 bridgehead atoms. The summed E-state index contributed by atoms with van der Waals surface area (Å²) in [4.78, 5) is 11.1. The lowest BCUT2D eigenvalue weighted by Gasteiger charge is -2.12. The Bertz CT molecular complexity index is 408. The number of aromatic nitrogens is 2. The summed E-state index contributed by atoms with van der Waals surface area (Å²) in [6.07, 6.45) is 1.64. The third-order valence-corrected chi connectivity index (χ3v) is 2.91. The molecule has 0 aliphatic heterocycles. The van der Waals surface area contributed by atoms with E-state index in [9.17, 15) is 9.00 Å². The fourth-order valence-electron chi connectivity index (χ4n) is 1.27. The average Bonchev–Trinajstić information content (AvgIpc) is 2.28. The molecule has 2 unspecified atom stereocenters. The number of hydrogen-bond donors (Lipinski definition) is 1. The van der Waals surface area contributed by atoms with Gasteiger partial charge in [-0.1, -0.05) is 0 Å². The molecule has 0 radical (unpaired) electrons. The molecule has 2 atom stereocenters. The van der Waals surface area contributed by atoms with Crippen LogP contribution in [-0.4, -0.2) is 45.5 Å². The van der Waals surface area contributed by atoms with E-state index in [0.717, 1.165) is 0 Å². The van der Waals surface area contributed by atoms with Crippen molar-refractivity contribution in [1.82, 2.24) is 10.2 Å². The third kappa shape index (κ3) is 4.48. The molecule has 0 fully saturated rings. The Kier molecular flexibility index (Phi) is 5.02. The summed E-state index contributed by atoms with van der Waals surface area (Å²) >= 11 is 0. The number of nitrogens with one attached hydrogen (secondary N) is 1. The Morgan fingerprint density at radius 3 is 2.71 bits per heavy atom. The molecule has 17 heavy (non-hydrogen) atoms. The molecule has 7 heteroatoms. The molecular formula is C10H15N3O3S. The van der Waals surface area contributed by atoms with Gasteiger partial charge in [0.05, 0.1) is 7.11 Å². The van der Waals surface area contributed by atoms with Crippen molar-refractivity contribution in [3.8, 4) is 0 Å². The quantitative estimate of drug-likeness (QED) is 0.771. The van der Waals surface area contributed by atoms with Crippen LogP contribution in [-0.2, 0) is 15.5 Å². The summed E-state index contributed by atoms with van der Waals surface area (Å²) in [5.74, 6) is 0.544. The van der Waals surface area contributed by atoms with Crippen molar-refractivity contribution in [1.29, 1.82) is 0 Å². The Hall–Kier alpha value is -1.50. The van der Waals surface area contributed by atoms with Crippen LogP contribution in [0.4, 0.5) is 5.82 Å². The van der Waals surface area contributed by atoms with Crippen molar-refractivity contribution in [2.45, 2.75) is 13.0 Å². The molecule has 0 amide bonds. The Morgan fingerprint density at radius 1 is 1.53 bits per heavy atom.